The number of anilines is 3. The molecule has 0 aliphatic carbocycles. The van der Waals surface area contributed by atoms with Crippen LogP contribution in [0.4, 0.5) is 30.9 Å². The van der Waals surface area contributed by atoms with Crippen molar-refractivity contribution in [2.24, 2.45) is 5.92 Å². The predicted molar refractivity (Wildman–Crippen MR) is 123 cm³/mol. The highest BCUT2D eigenvalue weighted by atomic mass is 79.9. The molecule has 1 aliphatic rings. The number of likely N-dealkylation sites (tertiary alicyclic amines) is 1. The SMILES string of the molecule is CN(CC1CCN(C(=O)OC(C)(C)C)CC1)c1cc(Nc2cc(F)c(Br)cc2F)ncn1. The molecule has 0 spiro atoms. The molecule has 1 aromatic heterocycles. The summed E-state index contributed by atoms with van der Waals surface area (Å²) in [7, 11) is 1.92. The number of rotatable bonds is 5. The fourth-order valence-electron chi connectivity index (χ4n) is 3.49. The van der Waals surface area contributed by atoms with Gasteiger partial charge in [-0.25, -0.2) is 23.5 Å². The molecule has 1 amide bonds. The normalized spacial score (nSPS) is 14.9. The van der Waals surface area contributed by atoms with Gasteiger partial charge in [0.05, 0.1) is 10.2 Å². The molecule has 1 saturated heterocycles. The lowest BCUT2D eigenvalue weighted by atomic mass is 9.96. The first-order valence-electron chi connectivity index (χ1n) is 10.4. The summed E-state index contributed by atoms with van der Waals surface area (Å²) in [6.45, 7) is 7.63. The lowest BCUT2D eigenvalue weighted by molar-refractivity contribution is 0.0186. The second kappa shape index (κ2) is 9.97. The Balaban J connectivity index is 1.57. The lowest BCUT2D eigenvalue weighted by Crippen LogP contribution is -2.43. The van der Waals surface area contributed by atoms with E-state index in [-0.39, 0.29) is 16.3 Å². The molecule has 0 bridgehead atoms. The number of ether oxygens (including phenoxy) is 1. The third kappa shape index (κ3) is 6.51. The first-order chi connectivity index (χ1) is 15.0. The van der Waals surface area contributed by atoms with Gasteiger partial charge in [-0.15, -0.1) is 0 Å². The molecule has 0 radical (unpaired) electrons. The van der Waals surface area contributed by atoms with Crippen molar-refractivity contribution >= 4 is 39.3 Å². The summed E-state index contributed by atoms with van der Waals surface area (Å²) >= 11 is 2.96. The van der Waals surface area contributed by atoms with Crippen molar-refractivity contribution in [1.82, 2.24) is 14.9 Å². The van der Waals surface area contributed by atoms with Crippen LogP contribution in [0, 0.1) is 17.6 Å². The van der Waals surface area contributed by atoms with Gasteiger partial charge in [-0.2, -0.15) is 0 Å². The molecule has 1 aromatic carbocycles. The predicted octanol–water partition coefficient (Wildman–Crippen LogP) is 5.34. The van der Waals surface area contributed by atoms with Crippen LogP contribution in [0.5, 0.6) is 0 Å². The summed E-state index contributed by atoms with van der Waals surface area (Å²) in [5.74, 6) is 0.252. The Morgan fingerprint density at radius 2 is 1.91 bits per heavy atom. The number of halogens is 3. The molecule has 0 unspecified atom stereocenters. The smallest absolute Gasteiger partial charge is 0.410 e. The van der Waals surface area contributed by atoms with Crippen molar-refractivity contribution in [3.05, 3.63) is 40.6 Å². The van der Waals surface area contributed by atoms with Crippen molar-refractivity contribution in [3.8, 4) is 0 Å². The summed E-state index contributed by atoms with van der Waals surface area (Å²) in [5, 5.41) is 2.80. The fraction of sp³-hybridized carbons (Fsp3) is 0.500. The Morgan fingerprint density at radius 1 is 1.22 bits per heavy atom. The molecule has 2 aromatic rings. The highest BCUT2D eigenvalue weighted by Gasteiger charge is 2.27. The van der Waals surface area contributed by atoms with E-state index in [1.165, 1.54) is 6.33 Å². The van der Waals surface area contributed by atoms with Crippen molar-refractivity contribution < 1.29 is 18.3 Å². The van der Waals surface area contributed by atoms with Crippen LogP contribution in [0.25, 0.3) is 0 Å². The van der Waals surface area contributed by atoms with Gasteiger partial charge in [-0.3, -0.25) is 0 Å². The third-order valence-corrected chi connectivity index (χ3v) is 5.72. The number of carbonyl (C=O) groups is 1. The van der Waals surface area contributed by atoms with Crippen LogP contribution < -0.4 is 10.2 Å². The number of piperidine rings is 1. The average Bonchev–Trinajstić information content (AvgIpc) is 2.71. The van der Waals surface area contributed by atoms with Crippen LogP contribution in [0.1, 0.15) is 33.6 Å². The van der Waals surface area contributed by atoms with Gasteiger partial charge in [0.1, 0.15) is 35.2 Å². The number of aromatic nitrogens is 2. The van der Waals surface area contributed by atoms with Crippen molar-refractivity contribution in [1.29, 1.82) is 0 Å². The van der Waals surface area contributed by atoms with Crippen molar-refractivity contribution in [2.45, 2.75) is 39.2 Å². The standard InChI is InChI=1S/C22H28BrF2N5O2/c1-22(2,3)32-21(31)30-7-5-14(6-8-30)12-29(4)20-11-19(26-13-27-20)28-18-10-16(24)15(23)9-17(18)25/h9-11,13-14H,5-8,12H2,1-4H3,(H,26,27,28). The first kappa shape index (κ1) is 24.2. The van der Waals surface area contributed by atoms with Gasteiger partial charge in [0.2, 0.25) is 0 Å². The monoisotopic (exact) mass is 511 g/mol. The maximum Gasteiger partial charge on any atom is 0.410 e. The highest BCUT2D eigenvalue weighted by molar-refractivity contribution is 9.10. The molecule has 32 heavy (non-hydrogen) atoms. The zero-order valence-corrected chi connectivity index (χ0v) is 20.2. The van der Waals surface area contributed by atoms with Gasteiger partial charge in [0, 0.05) is 38.8 Å². The topological polar surface area (TPSA) is 70.6 Å². The second-order valence-corrected chi connectivity index (χ2v) is 9.78. The van der Waals surface area contributed by atoms with Crippen molar-refractivity contribution in [2.75, 3.05) is 36.9 Å². The molecule has 0 saturated carbocycles. The van der Waals surface area contributed by atoms with Gasteiger partial charge >= 0.3 is 6.09 Å². The fourth-order valence-corrected chi connectivity index (χ4v) is 3.80. The van der Waals surface area contributed by atoms with E-state index in [2.05, 4.69) is 31.2 Å². The van der Waals surface area contributed by atoms with Gasteiger partial charge in [-0.05, 0) is 61.5 Å². The molecular weight excluding hydrogens is 484 g/mol. The summed E-state index contributed by atoms with van der Waals surface area (Å²) in [6.07, 6.45) is 2.84. The minimum Gasteiger partial charge on any atom is -0.444 e. The number of carbonyl (C=O) groups excluding carboxylic acids is 1. The van der Waals surface area contributed by atoms with E-state index >= 15 is 0 Å². The number of nitrogens with one attached hydrogen (secondary N) is 1. The number of benzene rings is 1. The molecule has 2 heterocycles. The van der Waals surface area contributed by atoms with E-state index in [1.54, 1.807) is 11.0 Å². The van der Waals surface area contributed by atoms with Crippen LogP contribution in [0.3, 0.4) is 0 Å². The summed E-state index contributed by atoms with van der Waals surface area (Å²) in [5.41, 5.74) is -0.509. The Kier molecular flexibility index (Phi) is 7.53. The van der Waals surface area contributed by atoms with E-state index in [9.17, 15) is 13.6 Å². The van der Waals surface area contributed by atoms with Gasteiger partial charge in [-0.1, -0.05) is 0 Å². The molecule has 10 heteroatoms. The van der Waals surface area contributed by atoms with Crippen LogP contribution in [0.15, 0.2) is 29.0 Å². The van der Waals surface area contributed by atoms with E-state index < -0.39 is 17.2 Å². The Morgan fingerprint density at radius 3 is 2.56 bits per heavy atom. The Bertz CT molecular complexity index is 962. The molecule has 3 rings (SSSR count). The maximum atomic E-state index is 14.1. The van der Waals surface area contributed by atoms with Crippen LogP contribution in [-0.2, 0) is 4.74 Å². The molecular formula is C22H28BrF2N5O2. The summed E-state index contributed by atoms with van der Waals surface area (Å²) in [4.78, 5) is 24.4. The van der Waals surface area contributed by atoms with E-state index in [1.807, 2.05) is 32.7 Å². The minimum atomic E-state index is -0.594. The second-order valence-electron chi connectivity index (χ2n) is 8.92. The highest BCUT2D eigenvalue weighted by Crippen LogP contribution is 2.27. The molecule has 0 atom stereocenters. The Labute approximate surface area is 195 Å². The number of nitrogens with zero attached hydrogens (tertiary/aromatic N) is 4. The molecule has 174 valence electrons. The molecule has 7 nitrogen and oxygen atoms in total. The van der Waals surface area contributed by atoms with E-state index in [4.69, 9.17) is 4.74 Å². The number of hydrogen-bond donors (Lipinski definition) is 1. The van der Waals surface area contributed by atoms with Crippen molar-refractivity contribution in [3.63, 3.8) is 0 Å². The quantitative estimate of drug-likeness (QED) is 0.546. The molecule has 1 fully saturated rings. The summed E-state index contributed by atoms with van der Waals surface area (Å²) in [6, 6.07) is 3.83. The van der Waals surface area contributed by atoms with Crippen LogP contribution in [-0.4, -0.2) is 53.2 Å². The third-order valence-electron chi connectivity index (χ3n) is 5.11. The lowest BCUT2D eigenvalue weighted by Gasteiger charge is -2.35. The molecule has 1 aliphatic heterocycles. The molecule has 1 N–H and O–H groups in total. The van der Waals surface area contributed by atoms with E-state index in [0.29, 0.717) is 30.6 Å². The maximum absolute atomic E-state index is 14.1. The van der Waals surface area contributed by atoms with E-state index in [0.717, 1.165) is 31.5 Å². The zero-order valence-electron chi connectivity index (χ0n) is 18.7. The number of hydrogen-bond acceptors (Lipinski definition) is 6. The van der Waals surface area contributed by atoms with Crippen LogP contribution >= 0.6 is 15.9 Å². The van der Waals surface area contributed by atoms with Gasteiger partial charge < -0.3 is 19.9 Å². The first-order valence-corrected chi connectivity index (χ1v) is 11.2. The van der Waals surface area contributed by atoms with Gasteiger partial charge in [0.25, 0.3) is 0 Å². The zero-order chi connectivity index (χ0) is 23.5. The number of amides is 1. The average molecular weight is 512 g/mol. The summed E-state index contributed by atoms with van der Waals surface area (Å²) < 4.78 is 33.4. The largest absolute Gasteiger partial charge is 0.444 e. The Hall–Kier alpha value is -2.49. The van der Waals surface area contributed by atoms with Crippen LogP contribution in [0.2, 0.25) is 0 Å². The van der Waals surface area contributed by atoms with Gasteiger partial charge in [0.15, 0.2) is 0 Å². The minimum absolute atomic E-state index is 0.00693.